The molecule has 0 fully saturated rings. The summed E-state index contributed by atoms with van der Waals surface area (Å²) in [7, 11) is -5.08. The van der Waals surface area contributed by atoms with Crippen LogP contribution in [0.25, 0.3) is 0 Å². The molecular weight excluding hydrogens is 318 g/mol. The number of rotatable bonds is 4. The van der Waals surface area contributed by atoms with E-state index in [0.29, 0.717) is 0 Å². The van der Waals surface area contributed by atoms with Gasteiger partial charge in [0, 0.05) is 0 Å². The first-order valence-corrected chi connectivity index (χ1v) is 7.33. The quantitative estimate of drug-likeness (QED) is 0.537. The largest absolute Gasteiger partial charge is 1.00 e. The first-order valence-electron chi connectivity index (χ1n) is 5.87. The summed E-state index contributed by atoms with van der Waals surface area (Å²) in [6, 6.07) is 15.0. The summed E-state index contributed by atoms with van der Waals surface area (Å²) in [6.07, 6.45) is 0. The molecule has 2 aromatic carbocycles. The Balaban J connectivity index is 0.00000242. The van der Waals surface area contributed by atoms with Crippen LogP contribution < -0.4 is 34.5 Å². The van der Waals surface area contributed by atoms with Gasteiger partial charge in [-0.05, 0) is 24.3 Å². The molecule has 0 aliphatic rings. The number of carbonyl (C=O) groups excluding carboxylic acids is 2. The smallest absolute Gasteiger partial charge is 0.736 e. The van der Waals surface area contributed by atoms with Crippen molar-refractivity contribution in [3.63, 3.8) is 0 Å². The van der Waals surface area contributed by atoms with Gasteiger partial charge in [-0.2, -0.15) is 0 Å². The van der Waals surface area contributed by atoms with E-state index in [4.69, 9.17) is 0 Å². The molecule has 0 N–H and O–H groups in total. The summed E-state index contributed by atoms with van der Waals surface area (Å²) in [5.41, 5.74) is 0.0636. The average Bonchev–Trinajstić information content (AvgIpc) is 2.48. The number of phosphoric acid groups is 1. The number of benzene rings is 2. The van der Waals surface area contributed by atoms with Crippen LogP contribution in [-0.2, 0) is 13.6 Å². The minimum atomic E-state index is -5.08. The second kappa shape index (κ2) is 8.27. The molecular formula is C14H10NaO6P. The zero-order valence-electron chi connectivity index (χ0n) is 11.7. The normalized spacial score (nSPS) is 10.2. The molecule has 0 bridgehead atoms. The average molecular weight is 328 g/mol. The number of hydrogen-bond acceptors (Lipinski definition) is 6. The van der Waals surface area contributed by atoms with E-state index in [-0.39, 0.29) is 40.7 Å². The van der Waals surface area contributed by atoms with Gasteiger partial charge in [-0.1, -0.05) is 36.4 Å². The van der Waals surface area contributed by atoms with Crippen molar-refractivity contribution in [3.05, 3.63) is 71.8 Å². The van der Waals surface area contributed by atoms with Gasteiger partial charge in [0.25, 0.3) is 0 Å². The van der Waals surface area contributed by atoms with E-state index >= 15 is 0 Å². The van der Waals surface area contributed by atoms with Crippen molar-refractivity contribution in [1.29, 1.82) is 0 Å². The van der Waals surface area contributed by atoms with E-state index in [1.807, 2.05) is 0 Å². The molecule has 0 amide bonds. The molecule has 0 aliphatic carbocycles. The standard InChI is InChI=1S/C14H11O6P.Na/c15-13(11-7-3-1-4-8-11)19-21(17,18)20-14(16)12-9-5-2-6-10-12;/h1-10H,(H,17,18);/q;+1/p-1. The number of phosphoric ester groups is 1. The van der Waals surface area contributed by atoms with E-state index in [2.05, 4.69) is 9.05 Å². The van der Waals surface area contributed by atoms with Crippen molar-refractivity contribution in [3.8, 4) is 0 Å². The van der Waals surface area contributed by atoms with E-state index in [1.54, 1.807) is 36.4 Å². The second-order valence-corrected chi connectivity index (χ2v) is 5.20. The molecule has 0 heterocycles. The van der Waals surface area contributed by atoms with E-state index in [9.17, 15) is 19.0 Å². The second-order valence-electron chi connectivity index (χ2n) is 3.94. The van der Waals surface area contributed by atoms with Crippen LogP contribution in [0.3, 0.4) is 0 Å². The van der Waals surface area contributed by atoms with Gasteiger partial charge >= 0.3 is 49.3 Å². The Morgan fingerprint density at radius 3 is 1.41 bits per heavy atom. The Morgan fingerprint density at radius 1 is 0.773 bits per heavy atom. The SMILES string of the molecule is O=C(OP(=O)([O-])OC(=O)c1ccccc1)c1ccccc1.[Na+]. The maximum absolute atomic E-state index is 11.6. The predicted octanol–water partition coefficient (Wildman–Crippen LogP) is -0.827. The summed E-state index contributed by atoms with van der Waals surface area (Å²) in [4.78, 5) is 34.7. The summed E-state index contributed by atoms with van der Waals surface area (Å²) in [5, 5.41) is 0. The molecule has 0 aromatic heterocycles. The molecule has 22 heavy (non-hydrogen) atoms. The van der Waals surface area contributed by atoms with Gasteiger partial charge in [0.15, 0.2) is 0 Å². The molecule has 6 nitrogen and oxygen atoms in total. The molecule has 0 aliphatic heterocycles. The zero-order chi connectivity index (χ0) is 15.3. The first-order chi connectivity index (χ1) is 9.98. The Kier molecular flexibility index (Phi) is 7.00. The Labute approximate surface area is 149 Å². The van der Waals surface area contributed by atoms with Gasteiger partial charge in [0.1, 0.15) is 0 Å². The Hall–Kier alpha value is -1.43. The molecule has 108 valence electrons. The van der Waals surface area contributed by atoms with Gasteiger partial charge in [0.2, 0.25) is 0 Å². The third kappa shape index (κ3) is 5.40. The molecule has 2 rings (SSSR count). The fourth-order valence-electron chi connectivity index (χ4n) is 1.48. The van der Waals surface area contributed by atoms with Crippen molar-refractivity contribution in [2.75, 3.05) is 0 Å². The van der Waals surface area contributed by atoms with Crippen LogP contribution in [0, 0.1) is 0 Å². The van der Waals surface area contributed by atoms with Crippen molar-refractivity contribution in [2.45, 2.75) is 0 Å². The maximum Gasteiger partial charge on any atom is 1.00 e. The van der Waals surface area contributed by atoms with Crippen LogP contribution >= 0.6 is 7.82 Å². The fraction of sp³-hybridized carbons (Fsp3) is 0. The third-order valence-electron chi connectivity index (χ3n) is 2.41. The molecule has 0 saturated heterocycles. The van der Waals surface area contributed by atoms with Crippen LogP contribution in [-0.4, -0.2) is 11.9 Å². The first kappa shape index (κ1) is 18.6. The number of carbonyl (C=O) groups is 2. The molecule has 0 unspecified atom stereocenters. The molecule has 8 heteroatoms. The topological polar surface area (TPSA) is 92.7 Å². The molecule has 0 saturated carbocycles. The third-order valence-corrected chi connectivity index (χ3v) is 3.19. The van der Waals surface area contributed by atoms with Crippen LogP contribution in [0.2, 0.25) is 0 Å². The molecule has 0 spiro atoms. The predicted molar refractivity (Wildman–Crippen MR) is 71.3 cm³/mol. The zero-order valence-corrected chi connectivity index (χ0v) is 14.6. The minimum absolute atomic E-state index is 0. The summed E-state index contributed by atoms with van der Waals surface area (Å²) < 4.78 is 20.0. The van der Waals surface area contributed by atoms with Crippen LogP contribution in [0.1, 0.15) is 20.7 Å². The Bertz CT molecular complexity index is 631. The fourth-order valence-corrected chi connectivity index (χ4v) is 2.13. The molecule has 0 radical (unpaired) electrons. The minimum Gasteiger partial charge on any atom is -0.736 e. The number of hydrogen-bond donors (Lipinski definition) is 0. The van der Waals surface area contributed by atoms with Crippen molar-refractivity contribution in [1.82, 2.24) is 0 Å². The van der Waals surface area contributed by atoms with Crippen LogP contribution in [0.15, 0.2) is 60.7 Å². The Morgan fingerprint density at radius 2 is 1.09 bits per heavy atom. The molecule has 0 atom stereocenters. The summed E-state index contributed by atoms with van der Waals surface area (Å²) in [5.74, 6) is -2.23. The van der Waals surface area contributed by atoms with Gasteiger partial charge < -0.3 is 13.9 Å². The molecule has 2 aromatic rings. The maximum atomic E-state index is 11.6. The van der Waals surface area contributed by atoms with Gasteiger partial charge in [0.05, 0.1) is 11.1 Å². The van der Waals surface area contributed by atoms with Gasteiger partial charge in [-0.3, -0.25) is 0 Å². The van der Waals surface area contributed by atoms with Crippen molar-refractivity contribution in [2.24, 2.45) is 0 Å². The summed E-state index contributed by atoms with van der Waals surface area (Å²) >= 11 is 0. The van der Waals surface area contributed by atoms with Gasteiger partial charge in [-0.25, -0.2) is 14.2 Å². The van der Waals surface area contributed by atoms with Crippen LogP contribution in [0.4, 0.5) is 0 Å². The van der Waals surface area contributed by atoms with Crippen molar-refractivity contribution >= 4 is 19.8 Å². The van der Waals surface area contributed by atoms with E-state index in [0.717, 1.165) is 0 Å². The summed E-state index contributed by atoms with van der Waals surface area (Å²) in [6.45, 7) is 0. The van der Waals surface area contributed by atoms with E-state index < -0.39 is 19.8 Å². The monoisotopic (exact) mass is 328 g/mol. The van der Waals surface area contributed by atoms with Crippen LogP contribution in [0.5, 0.6) is 0 Å². The van der Waals surface area contributed by atoms with E-state index in [1.165, 1.54) is 24.3 Å². The van der Waals surface area contributed by atoms with Crippen molar-refractivity contribution < 1.29 is 57.7 Å². The van der Waals surface area contributed by atoms with Gasteiger partial charge in [-0.15, -0.1) is 0 Å².